The molecule has 0 aliphatic rings. The van der Waals surface area contributed by atoms with Crippen molar-refractivity contribution >= 4 is 29.0 Å². The topological polar surface area (TPSA) is 87.7 Å². The van der Waals surface area contributed by atoms with Crippen molar-refractivity contribution in [1.29, 1.82) is 0 Å². The largest absolute Gasteiger partial charge is 0.418 e. The highest BCUT2D eigenvalue weighted by Gasteiger charge is 2.35. The van der Waals surface area contributed by atoms with Crippen LogP contribution in [0.25, 0.3) is 0 Å². The van der Waals surface area contributed by atoms with E-state index in [9.17, 15) is 18.0 Å². The number of carbonyl (C=O) groups is 1. The summed E-state index contributed by atoms with van der Waals surface area (Å²) in [5.41, 5.74) is 3.57. The van der Waals surface area contributed by atoms with Gasteiger partial charge in [0.25, 0.3) is 0 Å². The van der Waals surface area contributed by atoms with Gasteiger partial charge in [0.1, 0.15) is 0 Å². The maximum absolute atomic E-state index is 12.8. The van der Waals surface area contributed by atoms with Crippen molar-refractivity contribution < 1.29 is 23.2 Å². The number of anilines is 1. The maximum atomic E-state index is 12.8. The van der Waals surface area contributed by atoms with Crippen LogP contribution >= 0.6 is 11.6 Å². The zero-order valence-corrected chi connectivity index (χ0v) is 11.0. The average Bonchev–Trinajstić information content (AvgIpc) is 2.37. The zero-order chi connectivity index (χ0) is 15.5. The number of amidine groups is 1. The molecule has 1 unspecified atom stereocenters. The number of hydrogen-bond donors (Lipinski definition) is 3. The van der Waals surface area contributed by atoms with E-state index < -0.39 is 35.1 Å². The highest BCUT2D eigenvalue weighted by molar-refractivity contribution is 6.34. The van der Waals surface area contributed by atoms with Crippen molar-refractivity contribution in [3.05, 3.63) is 28.8 Å². The lowest BCUT2D eigenvalue weighted by atomic mass is 10.1. The van der Waals surface area contributed by atoms with E-state index in [2.05, 4.69) is 5.16 Å². The fourth-order valence-electron chi connectivity index (χ4n) is 1.34. The van der Waals surface area contributed by atoms with Crippen LogP contribution in [0.5, 0.6) is 0 Å². The van der Waals surface area contributed by atoms with Crippen LogP contribution < -0.4 is 11.1 Å². The van der Waals surface area contributed by atoms with Gasteiger partial charge < -0.3 is 16.3 Å². The van der Waals surface area contributed by atoms with Gasteiger partial charge in [-0.15, -0.1) is 0 Å². The van der Waals surface area contributed by atoms with E-state index >= 15 is 0 Å². The van der Waals surface area contributed by atoms with Crippen molar-refractivity contribution in [1.82, 2.24) is 0 Å². The number of oxime groups is 1. The normalized spacial score (nSPS) is 13.9. The smallest absolute Gasteiger partial charge is 0.409 e. The molecule has 0 aromatic heterocycles. The summed E-state index contributed by atoms with van der Waals surface area (Å²) in [6.07, 6.45) is -4.67. The van der Waals surface area contributed by atoms with Gasteiger partial charge in [-0.25, -0.2) is 0 Å². The molecule has 9 heteroatoms. The summed E-state index contributed by atoms with van der Waals surface area (Å²) in [6.45, 7) is 1.27. The van der Waals surface area contributed by atoms with E-state index in [1.54, 1.807) is 0 Å². The molecule has 0 aliphatic heterocycles. The number of nitrogens with two attached hydrogens (primary N) is 1. The number of para-hydroxylation sites is 1. The first-order valence-electron chi connectivity index (χ1n) is 5.32. The highest BCUT2D eigenvalue weighted by atomic mass is 35.5. The first kappa shape index (κ1) is 16.1. The zero-order valence-electron chi connectivity index (χ0n) is 10.2. The summed E-state index contributed by atoms with van der Waals surface area (Å²) >= 11 is 5.67. The van der Waals surface area contributed by atoms with E-state index in [0.29, 0.717) is 0 Å². The van der Waals surface area contributed by atoms with Gasteiger partial charge >= 0.3 is 6.18 Å². The van der Waals surface area contributed by atoms with Crippen LogP contribution in [-0.2, 0) is 11.0 Å². The Morgan fingerprint density at radius 1 is 1.50 bits per heavy atom. The number of carbonyl (C=O) groups excluding carboxylic acids is 1. The first-order valence-corrected chi connectivity index (χ1v) is 5.70. The lowest BCUT2D eigenvalue weighted by molar-refractivity contribution is -0.137. The molecule has 0 heterocycles. The van der Waals surface area contributed by atoms with Gasteiger partial charge in [0.15, 0.2) is 5.84 Å². The van der Waals surface area contributed by atoms with Gasteiger partial charge in [-0.1, -0.05) is 22.8 Å². The molecule has 1 atom stereocenters. The Labute approximate surface area is 117 Å². The summed E-state index contributed by atoms with van der Waals surface area (Å²) in [6, 6.07) is 3.12. The summed E-state index contributed by atoms with van der Waals surface area (Å²) < 4.78 is 38.4. The molecular weight excluding hydrogens is 299 g/mol. The highest BCUT2D eigenvalue weighted by Crippen LogP contribution is 2.38. The number of amides is 1. The SMILES string of the molecule is CC(C(=O)Nc1c(Cl)cccc1C(F)(F)F)C(N)=NO. The van der Waals surface area contributed by atoms with E-state index in [4.69, 9.17) is 22.5 Å². The standard InChI is InChI=1S/C11H11ClF3N3O2/c1-5(9(16)18-20)10(19)17-8-6(11(13,14)15)3-2-4-7(8)12/h2-5,20H,1H3,(H2,16,18)(H,17,19). The van der Waals surface area contributed by atoms with Crippen LogP contribution in [0.1, 0.15) is 12.5 Å². The Morgan fingerprint density at radius 2 is 2.10 bits per heavy atom. The van der Waals surface area contributed by atoms with Gasteiger partial charge in [0, 0.05) is 0 Å². The molecule has 0 spiro atoms. The molecule has 0 saturated carbocycles. The predicted octanol–water partition coefficient (Wildman–Crippen LogP) is 2.68. The Balaban J connectivity index is 3.13. The van der Waals surface area contributed by atoms with E-state index in [0.717, 1.165) is 12.1 Å². The van der Waals surface area contributed by atoms with Gasteiger partial charge in [-0.3, -0.25) is 4.79 Å². The second-order valence-electron chi connectivity index (χ2n) is 3.90. The molecule has 1 aromatic rings. The second kappa shape index (κ2) is 6.00. The molecule has 0 radical (unpaired) electrons. The minimum absolute atomic E-state index is 0.264. The minimum Gasteiger partial charge on any atom is -0.409 e. The summed E-state index contributed by atoms with van der Waals surface area (Å²) in [5.74, 6) is -2.42. The van der Waals surface area contributed by atoms with Crippen molar-refractivity contribution in [2.45, 2.75) is 13.1 Å². The third-order valence-electron chi connectivity index (χ3n) is 2.52. The first-order chi connectivity index (χ1) is 9.18. The third-order valence-corrected chi connectivity index (χ3v) is 2.83. The number of hydrogen-bond acceptors (Lipinski definition) is 3. The monoisotopic (exact) mass is 309 g/mol. The van der Waals surface area contributed by atoms with Gasteiger partial charge in [-0.05, 0) is 19.1 Å². The predicted molar refractivity (Wildman–Crippen MR) is 67.7 cm³/mol. The fourth-order valence-corrected chi connectivity index (χ4v) is 1.56. The van der Waals surface area contributed by atoms with Crippen molar-refractivity contribution in [2.75, 3.05) is 5.32 Å². The van der Waals surface area contributed by atoms with Crippen LogP contribution in [-0.4, -0.2) is 17.0 Å². The molecule has 0 bridgehead atoms. The van der Waals surface area contributed by atoms with Crippen molar-refractivity contribution in [2.24, 2.45) is 16.8 Å². The number of rotatable bonds is 3. The molecule has 1 amide bonds. The average molecular weight is 310 g/mol. The minimum atomic E-state index is -4.67. The molecule has 4 N–H and O–H groups in total. The Bertz CT molecular complexity index is 546. The number of halogens is 4. The fraction of sp³-hybridized carbons (Fsp3) is 0.273. The molecule has 110 valence electrons. The molecule has 5 nitrogen and oxygen atoms in total. The van der Waals surface area contributed by atoms with Gasteiger partial charge in [0.05, 0.1) is 22.2 Å². The van der Waals surface area contributed by atoms with E-state index in [-0.39, 0.29) is 5.02 Å². The molecule has 0 aliphatic carbocycles. The van der Waals surface area contributed by atoms with E-state index in [1.165, 1.54) is 13.0 Å². The molecular formula is C11H11ClF3N3O2. The number of benzene rings is 1. The molecule has 0 fully saturated rings. The molecule has 1 rings (SSSR count). The molecule has 0 saturated heterocycles. The Kier molecular flexibility index (Phi) is 4.83. The third kappa shape index (κ3) is 3.53. The van der Waals surface area contributed by atoms with Crippen molar-refractivity contribution in [3.63, 3.8) is 0 Å². The number of nitrogens with one attached hydrogen (secondary N) is 1. The summed E-state index contributed by atoms with van der Waals surface area (Å²) in [7, 11) is 0. The lowest BCUT2D eigenvalue weighted by Crippen LogP contribution is -2.33. The summed E-state index contributed by atoms with van der Waals surface area (Å²) in [4.78, 5) is 11.7. The van der Waals surface area contributed by atoms with Crippen LogP contribution in [0.4, 0.5) is 18.9 Å². The van der Waals surface area contributed by atoms with Crippen LogP contribution in [0.3, 0.4) is 0 Å². The number of nitrogens with zero attached hydrogens (tertiary/aromatic N) is 1. The van der Waals surface area contributed by atoms with E-state index in [1.807, 2.05) is 5.32 Å². The van der Waals surface area contributed by atoms with Crippen molar-refractivity contribution in [3.8, 4) is 0 Å². The lowest BCUT2D eigenvalue weighted by Gasteiger charge is -2.17. The summed E-state index contributed by atoms with van der Waals surface area (Å²) in [5, 5.41) is 12.8. The number of alkyl halides is 3. The van der Waals surface area contributed by atoms with Crippen LogP contribution in [0.15, 0.2) is 23.4 Å². The molecule has 20 heavy (non-hydrogen) atoms. The van der Waals surface area contributed by atoms with Crippen LogP contribution in [0, 0.1) is 5.92 Å². The second-order valence-corrected chi connectivity index (χ2v) is 4.30. The quantitative estimate of drug-likeness (QED) is 0.347. The molecule has 1 aromatic carbocycles. The van der Waals surface area contributed by atoms with Gasteiger partial charge in [0.2, 0.25) is 5.91 Å². The maximum Gasteiger partial charge on any atom is 0.418 e. The Morgan fingerprint density at radius 3 is 2.60 bits per heavy atom. The Hall–Kier alpha value is -1.96. The van der Waals surface area contributed by atoms with Crippen LogP contribution in [0.2, 0.25) is 5.02 Å². The van der Waals surface area contributed by atoms with Gasteiger partial charge in [-0.2, -0.15) is 13.2 Å².